The molecule has 0 spiro atoms. The molecule has 0 unspecified atom stereocenters. The molecule has 1 aromatic heterocycles. The largest absolute Gasteiger partial charge is 0.415 e. The summed E-state index contributed by atoms with van der Waals surface area (Å²) in [5, 5.41) is 9.21. The maximum Gasteiger partial charge on any atom is 0.274 e. The van der Waals surface area contributed by atoms with Gasteiger partial charge in [0.15, 0.2) is 6.04 Å². The highest BCUT2D eigenvalue weighted by Gasteiger charge is 2.31. The first-order chi connectivity index (χ1) is 13.6. The lowest BCUT2D eigenvalue weighted by molar-refractivity contribution is -1.03. The van der Waals surface area contributed by atoms with Gasteiger partial charge in [0.1, 0.15) is 32.7 Å². The van der Waals surface area contributed by atoms with Crippen LogP contribution in [0.25, 0.3) is 11.5 Å². The minimum absolute atomic E-state index is 0.195. The molecule has 0 aliphatic carbocycles. The lowest BCUT2D eigenvalue weighted by Crippen LogP contribution is -3.27. The van der Waals surface area contributed by atoms with E-state index in [4.69, 9.17) is 16.0 Å². The quantitative estimate of drug-likeness (QED) is 0.688. The number of aryl methyl sites for hydroxylation is 1. The van der Waals surface area contributed by atoms with E-state index in [9.17, 15) is 0 Å². The number of nitrogens with one attached hydrogen (secondary N) is 2. The summed E-state index contributed by atoms with van der Waals surface area (Å²) in [6.45, 7) is 10.0. The van der Waals surface area contributed by atoms with Crippen LogP contribution in [0, 0.1) is 6.92 Å². The van der Waals surface area contributed by atoms with Crippen LogP contribution in [0.2, 0.25) is 5.02 Å². The lowest BCUT2D eigenvalue weighted by Gasteiger charge is -2.32. The van der Waals surface area contributed by atoms with Gasteiger partial charge in [0, 0.05) is 16.1 Å². The number of rotatable bonds is 5. The molecule has 1 aliphatic rings. The van der Waals surface area contributed by atoms with Gasteiger partial charge in [0.05, 0.1) is 0 Å². The topological polar surface area (TPSA) is 47.8 Å². The minimum atomic E-state index is 0.195. The molecule has 2 N–H and O–H groups in total. The molecule has 4 rings (SSSR count). The van der Waals surface area contributed by atoms with E-state index in [0.717, 1.165) is 38.3 Å². The molecular weight excluding hydrogens is 372 g/mol. The van der Waals surface area contributed by atoms with Crippen molar-refractivity contribution in [1.29, 1.82) is 0 Å². The van der Waals surface area contributed by atoms with Gasteiger partial charge in [-0.25, -0.2) is 0 Å². The molecule has 28 heavy (non-hydrogen) atoms. The predicted octanol–water partition coefficient (Wildman–Crippen LogP) is 1.74. The maximum absolute atomic E-state index is 6.07. The highest BCUT2D eigenvalue weighted by atomic mass is 35.5. The third-order valence-electron chi connectivity index (χ3n) is 5.80. The molecule has 146 valence electrons. The van der Waals surface area contributed by atoms with E-state index in [1.54, 1.807) is 4.90 Å². The summed E-state index contributed by atoms with van der Waals surface area (Å²) in [5.74, 6) is 1.24. The molecule has 0 amide bonds. The van der Waals surface area contributed by atoms with Gasteiger partial charge < -0.3 is 14.2 Å². The van der Waals surface area contributed by atoms with Crippen LogP contribution >= 0.6 is 11.6 Å². The molecule has 0 saturated carbocycles. The van der Waals surface area contributed by atoms with Crippen molar-refractivity contribution in [3.8, 4) is 11.5 Å². The van der Waals surface area contributed by atoms with E-state index in [-0.39, 0.29) is 6.04 Å². The molecule has 3 aromatic rings. The first-order valence-corrected chi connectivity index (χ1v) is 10.3. The Labute approximate surface area is 170 Å². The summed E-state index contributed by atoms with van der Waals surface area (Å²) < 4.78 is 5.97. The van der Waals surface area contributed by atoms with Gasteiger partial charge in [0.25, 0.3) is 5.89 Å². The molecule has 0 bridgehead atoms. The van der Waals surface area contributed by atoms with Crippen molar-refractivity contribution in [3.05, 3.63) is 70.6 Å². The fourth-order valence-electron chi connectivity index (χ4n) is 3.93. The normalized spacial score (nSPS) is 20.8. The fourth-order valence-corrected chi connectivity index (χ4v) is 4.12. The number of piperazine rings is 1. The molecule has 2 aromatic carbocycles. The van der Waals surface area contributed by atoms with Crippen molar-refractivity contribution in [3.63, 3.8) is 0 Å². The average Bonchev–Trinajstić information content (AvgIpc) is 3.20. The van der Waals surface area contributed by atoms with Crippen molar-refractivity contribution < 1.29 is 14.2 Å². The molecular formula is C22H27ClN4O+2. The molecule has 0 radical (unpaired) electrons. The molecule has 2 heterocycles. The second-order valence-corrected chi connectivity index (χ2v) is 8.13. The van der Waals surface area contributed by atoms with Crippen LogP contribution in [0.5, 0.6) is 0 Å². The van der Waals surface area contributed by atoms with Gasteiger partial charge >= 0.3 is 0 Å². The smallest absolute Gasteiger partial charge is 0.274 e. The Morgan fingerprint density at radius 2 is 1.82 bits per heavy atom. The molecule has 1 saturated heterocycles. The monoisotopic (exact) mass is 398 g/mol. The minimum Gasteiger partial charge on any atom is -0.415 e. The van der Waals surface area contributed by atoms with Crippen LogP contribution in [0.3, 0.4) is 0 Å². The molecule has 5 nitrogen and oxygen atoms in total. The molecule has 1 aliphatic heterocycles. The van der Waals surface area contributed by atoms with Crippen molar-refractivity contribution in [2.24, 2.45) is 0 Å². The summed E-state index contributed by atoms with van der Waals surface area (Å²) in [5.41, 5.74) is 3.70. The van der Waals surface area contributed by atoms with Crippen LogP contribution < -0.4 is 9.80 Å². The van der Waals surface area contributed by atoms with Crippen LogP contribution in [0.15, 0.2) is 52.9 Å². The van der Waals surface area contributed by atoms with Gasteiger partial charge in [-0.05, 0) is 37.6 Å². The third kappa shape index (κ3) is 4.27. The average molecular weight is 399 g/mol. The van der Waals surface area contributed by atoms with Gasteiger partial charge in [-0.15, -0.1) is 10.2 Å². The molecule has 1 fully saturated rings. The van der Waals surface area contributed by atoms with Crippen molar-refractivity contribution in [2.45, 2.75) is 26.4 Å². The zero-order chi connectivity index (χ0) is 19.5. The number of quaternary nitrogens is 2. The van der Waals surface area contributed by atoms with Crippen LogP contribution in [-0.2, 0) is 6.54 Å². The van der Waals surface area contributed by atoms with E-state index in [1.807, 2.05) is 24.3 Å². The summed E-state index contributed by atoms with van der Waals surface area (Å²) in [7, 11) is 0. The summed E-state index contributed by atoms with van der Waals surface area (Å²) >= 11 is 6.07. The third-order valence-corrected chi connectivity index (χ3v) is 6.03. The zero-order valence-corrected chi connectivity index (χ0v) is 17.2. The predicted molar refractivity (Wildman–Crippen MR) is 109 cm³/mol. The first-order valence-electron chi connectivity index (χ1n) is 9.92. The summed E-state index contributed by atoms with van der Waals surface area (Å²) in [4.78, 5) is 3.16. The van der Waals surface area contributed by atoms with Crippen molar-refractivity contribution in [1.82, 2.24) is 10.2 Å². The maximum atomic E-state index is 6.07. The van der Waals surface area contributed by atoms with Crippen molar-refractivity contribution in [2.75, 3.05) is 26.2 Å². The Bertz CT molecular complexity index is 934. The van der Waals surface area contributed by atoms with E-state index in [0.29, 0.717) is 16.8 Å². The fraction of sp³-hybridized carbons (Fsp3) is 0.364. The van der Waals surface area contributed by atoms with E-state index < -0.39 is 0 Å². The van der Waals surface area contributed by atoms with Gasteiger partial charge in [-0.1, -0.05) is 41.9 Å². The standard InChI is InChI=1S/C22H25ClN4O/c1-16-6-3-4-7-19(16)15-26-10-12-27(13-11-26)17(2)21-24-25-22(28-21)18-8-5-9-20(23)14-18/h3-9,14,17H,10-13,15H2,1-2H3/p+2/t17-/m1/s1. The lowest BCUT2D eigenvalue weighted by atomic mass is 10.1. The second kappa shape index (κ2) is 8.43. The Hall–Kier alpha value is -2.21. The first kappa shape index (κ1) is 19.1. The number of hydrogen-bond donors (Lipinski definition) is 2. The van der Waals surface area contributed by atoms with Gasteiger partial charge in [-0.3, -0.25) is 0 Å². The number of hydrogen-bond acceptors (Lipinski definition) is 3. The number of halogens is 1. The summed E-state index contributed by atoms with van der Waals surface area (Å²) in [6.07, 6.45) is 0. The zero-order valence-electron chi connectivity index (χ0n) is 16.4. The molecule has 6 heteroatoms. The Balaban J connectivity index is 1.37. The van der Waals surface area contributed by atoms with Crippen LogP contribution in [-0.4, -0.2) is 36.4 Å². The Kier molecular flexibility index (Phi) is 5.76. The van der Waals surface area contributed by atoms with E-state index in [1.165, 1.54) is 16.0 Å². The number of aromatic nitrogens is 2. The SMILES string of the molecule is Cc1ccccc1C[NH+]1CC[NH+]([C@H](C)c2nnc(-c3cccc(Cl)c3)o2)CC1. The van der Waals surface area contributed by atoms with Crippen LogP contribution in [0.1, 0.15) is 30.0 Å². The van der Waals surface area contributed by atoms with E-state index >= 15 is 0 Å². The van der Waals surface area contributed by atoms with Gasteiger partial charge in [-0.2, -0.15) is 0 Å². The Morgan fingerprint density at radius 1 is 1.04 bits per heavy atom. The highest BCUT2D eigenvalue weighted by Crippen LogP contribution is 2.22. The number of nitrogens with zero attached hydrogens (tertiary/aromatic N) is 2. The highest BCUT2D eigenvalue weighted by molar-refractivity contribution is 6.30. The number of benzene rings is 2. The van der Waals surface area contributed by atoms with Crippen LogP contribution in [0.4, 0.5) is 0 Å². The summed E-state index contributed by atoms with van der Waals surface area (Å²) in [6, 6.07) is 16.4. The second-order valence-electron chi connectivity index (χ2n) is 7.69. The van der Waals surface area contributed by atoms with E-state index in [2.05, 4.69) is 48.3 Å². The van der Waals surface area contributed by atoms with Crippen molar-refractivity contribution >= 4 is 11.6 Å². The van der Waals surface area contributed by atoms with Gasteiger partial charge in [0.2, 0.25) is 5.89 Å². The Morgan fingerprint density at radius 3 is 2.57 bits per heavy atom. The molecule has 1 atom stereocenters.